The SMILES string of the molecule is CN=Cc1ccc(-n2c3ccccc3c3cc(-c4ccc5c(c4)c4ccccc4n5-c4cccc5c4sc4ccccc45)ccc32)cc1. The summed E-state index contributed by atoms with van der Waals surface area (Å²) in [6, 6.07) is 55.5. The molecule has 48 heavy (non-hydrogen) atoms. The lowest BCUT2D eigenvalue weighted by Crippen LogP contribution is -1.94. The van der Waals surface area contributed by atoms with Crippen molar-refractivity contribution in [1.29, 1.82) is 0 Å². The Labute approximate surface area is 281 Å². The molecule has 0 bridgehead atoms. The molecule has 0 unspecified atom stereocenters. The summed E-state index contributed by atoms with van der Waals surface area (Å²) in [5.41, 5.74) is 10.8. The largest absolute Gasteiger partial charge is 0.309 e. The predicted molar refractivity (Wildman–Crippen MR) is 207 cm³/mol. The van der Waals surface area contributed by atoms with Gasteiger partial charge in [0.15, 0.2) is 0 Å². The molecule has 0 aliphatic heterocycles. The van der Waals surface area contributed by atoms with Gasteiger partial charge in [-0.1, -0.05) is 91.0 Å². The third-order valence-electron chi connectivity index (χ3n) is 9.73. The van der Waals surface area contributed by atoms with Crippen molar-refractivity contribution in [3.8, 4) is 22.5 Å². The zero-order chi connectivity index (χ0) is 31.8. The molecule has 0 saturated carbocycles. The summed E-state index contributed by atoms with van der Waals surface area (Å²) in [5.74, 6) is 0. The minimum absolute atomic E-state index is 1.10. The molecule has 4 heteroatoms. The number of fused-ring (bicyclic) bond motifs is 9. The number of rotatable bonds is 4. The van der Waals surface area contributed by atoms with Gasteiger partial charge in [0.25, 0.3) is 0 Å². The van der Waals surface area contributed by atoms with E-state index < -0.39 is 0 Å². The molecule has 0 spiro atoms. The second-order valence-electron chi connectivity index (χ2n) is 12.4. The Morgan fingerprint density at radius 2 is 1.04 bits per heavy atom. The third kappa shape index (κ3) is 3.96. The zero-order valence-electron chi connectivity index (χ0n) is 26.3. The highest BCUT2D eigenvalue weighted by molar-refractivity contribution is 7.26. The van der Waals surface area contributed by atoms with Gasteiger partial charge in [-0.3, -0.25) is 4.99 Å². The molecule has 10 aromatic rings. The topological polar surface area (TPSA) is 22.2 Å². The Balaban J connectivity index is 1.16. The average molecular weight is 632 g/mol. The fourth-order valence-corrected chi connectivity index (χ4v) is 8.82. The van der Waals surface area contributed by atoms with Crippen molar-refractivity contribution in [3.63, 3.8) is 0 Å². The molecule has 0 N–H and O–H groups in total. The Hall–Kier alpha value is -5.97. The van der Waals surface area contributed by atoms with E-state index in [1.165, 1.54) is 80.6 Å². The van der Waals surface area contributed by atoms with Gasteiger partial charge in [-0.05, 0) is 77.4 Å². The maximum Gasteiger partial charge on any atom is 0.0640 e. The van der Waals surface area contributed by atoms with Crippen LogP contribution in [0.15, 0.2) is 157 Å². The van der Waals surface area contributed by atoms with Crippen LogP contribution in [-0.2, 0) is 0 Å². The summed E-state index contributed by atoms with van der Waals surface area (Å²) < 4.78 is 7.47. The monoisotopic (exact) mass is 631 g/mol. The van der Waals surface area contributed by atoms with Crippen molar-refractivity contribution in [2.45, 2.75) is 0 Å². The molecular formula is C44H29N3S. The van der Waals surface area contributed by atoms with Crippen LogP contribution >= 0.6 is 11.3 Å². The van der Waals surface area contributed by atoms with Crippen LogP contribution in [-0.4, -0.2) is 22.4 Å². The first kappa shape index (κ1) is 27.2. The van der Waals surface area contributed by atoms with Gasteiger partial charge < -0.3 is 9.13 Å². The smallest absolute Gasteiger partial charge is 0.0640 e. The Bertz CT molecular complexity index is 2900. The molecule has 7 aromatic carbocycles. The van der Waals surface area contributed by atoms with Crippen LogP contribution in [0.5, 0.6) is 0 Å². The minimum Gasteiger partial charge on any atom is -0.309 e. The van der Waals surface area contributed by atoms with E-state index in [0.29, 0.717) is 0 Å². The Morgan fingerprint density at radius 3 is 1.73 bits per heavy atom. The number of aromatic nitrogens is 2. The highest BCUT2D eigenvalue weighted by atomic mass is 32.1. The van der Waals surface area contributed by atoms with Crippen molar-refractivity contribution in [2.75, 3.05) is 7.05 Å². The van der Waals surface area contributed by atoms with Gasteiger partial charge in [-0.15, -0.1) is 11.3 Å². The minimum atomic E-state index is 1.10. The van der Waals surface area contributed by atoms with E-state index in [9.17, 15) is 0 Å². The molecule has 0 radical (unpaired) electrons. The first-order valence-corrected chi connectivity index (χ1v) is 17.1. The van der Waals surface area contributed by atoms with Crippen LogP contribution in [0.4, 0.5) is 0 Å². The van der Waals surface area contributed by atoms with E-state index >= 15 is 0 Å². The lowest BCUT2D eigenvalue weighted by atomic mass is 10.0. The van der Waals surface area contributed by atoms with E-state index in [-0.39, 0.29) is 0 Å². The highest BCUT2D eigenvalue weighted by Gasteiger charge is 2.18. The number of para-hydroxylation sites is 2. The summed E-state index contributed by atoms with van der Waals surface area (Å²) in [7, 11) is 1.81. The van der Waals surface area contributed by atoms with Gasteiger partial charge >= 0.3 is 0 Å². The fraction of sp³-hybridized carbons (Fsp3) is 0.0227. The van der Waals surface area contributed by atoms with Crippen LogP contribution in [0.25, 0.3) is 86.3 Å². The van der Waals surface area contributed by atoms with Gasteiger partial charge in [0.2, 0.25) is 0 Å². The van der Waals surface area contributed by atoms with Crippen molar-refractivity contribution >= 4 is 81.3 Å². The molecular weight excluding hydrogens is 603 g/mol. The van der Waals surface area contributed by atoms with Gasteiger partial charge in [-0.25, -0.2) is 0 Å². The summed E-state index contributed by atoms with van der Waals surface area (Å²) in [4.78, 5) is 4.18. The van der Waals surface area contributed by atoms with Gasteiger partial charge in [0.1, 0.15) is 0 Å². The van der Waals surface area contributed by atoms with E-state index in [2.05, 4.69) is 166 Å². The lowest BCUT2D eigenvalue weighted by molar-refractivity contribution is 1.18. The molecule has 0 aliphatic rings. The molecule has 0 saturated heterocycles. The van der Waals surface area contributed by atoms with E-state index in [4.69, 9.17) is 0 Å². The number of hydrogen-bond acceptors (Lipinski definition) is 2. The highest BCUT2D eigenvalue weighted by Crippen LogP contribution is 2.42. The van der Waals surface area contributed by atoms with Gasteiger partial charge in [0, 0.05) is 56.0 Å². The van der Waals surface area contributed by atoms with Crippen molar-refractivity contribution in [2.24, 2.45) is 4.99 Å². The first-order chi connectivity index (χ1) is 23.8. The van der Waals surface area contributed by atoms with Crippen molar-refractivity contribution < 1.29 is 0 Å². The Morgan fingerprint density at radius 1 is 0.479 bits per heavy atom. The third-order valence-corrected chi connectivity index (χ3v) is 10.9. The van der Waals surface area contributed by atoms with Gasteiger partial charge in [-0.2, -0.15) is 0 Å². The maximum absolute atomic E-state index is 4.18. The molecule has 0 atom stereocenters. The molecule has 10 rings (SSSR count). The van der Waals surface area contributed by atoms with Crippen LogP contribution in [0.2, 0.25) is 0 Å². The van der Waals surface area contributed by atoms with E-state index in [1.807, 2.05) is 17.6 Å². The quantitative estimate of drug-likeness (QED) is 0.173. The van der Waals surface area contributed by atoms with Crippen LogP contribution < -0.4 is 0 Å². The molecule has 3 nitrogen and oxygen atoms in total. The summed E-state index contributed by atoms with van der Waals surface area (Å²) in [6.07, 6.45) is 1.89. The zero-order valence-corrected chi connectivity index (χ0v) is 27.1. The molecule has 226 valence electrons. The van der Waals surface area contributed by atoms with Crippen molar-refractivity contribution in [1.82, 2.24) is 9.13 Å². The molecule has 3 heterocycles. The van der Waals surface area contributed by atoms with E-state index in [0.717, 1.165) is 11.3 Å². The van der Waals surface area contributed by atoms with Crippen LogP contribution in [0, 0.1) is 0 Å². The number of thiophene rings is 1. The maximum atomic E-state index is 4.18. The van der Waals surface area contributed by atoms with Crippen LogP contribution in [0.1, 0.15) is 5.56 Å². The first-order valence-electron chi connectivity index (χ1n) is 16.3. The average Bonchev–Trinajstić information content (AvgIpc) is 3.79. The molecule has 0 fully saturated rings. The normalized spacial score (nSPS) is 12.2. The predicted octanol–water partition coefficient (Wildman–Crippen LogP) is 12.0. The number of nitrogens with zero attached hydrogens (tertiary/aromatic N) is 3. The van der Waals surface area contributed by atoms with Crippen LogP contribution in [0.3, 0.4) is 0 Å². The standard InChI is InChI=1S/C44H29N3S/c1-45-27-28-17-21-31(22-18-28)46-38-13-5-2-9-32(38)36-25-29(19-23-40(36)46)30-20-24-41-37(26-30)33-10-3-6-14-39(33)47(41)42-15-8-12-35-34-11-4-7-16-43(34)48-44(35)42/h2-27H,1H3. The number of benzene rings is 7. The summed E-state index contributed by atoms with van der Waals surface area (Å²) in [6.45, 7) is 0. The molecule has 3 aromatic heterocycles. The fourth-order valence-electron chi connectivity index (χ4n) is 7.61. The molecule has 0 aliphatic carbocycles. The Kier molecular flexibility index (Phi) is 5.96. The van der Waals surface area contributed by atoms with Crippen molar-refractivity contribution in [3.05, 3.63) is 157 Å². The second-order valence-corrected chi connectivity index (χ2v) is 13.5. The summed E-state index contributed by atoms with van der Waals surface area (Å²) in [5, 5.41) is 7.67. The molecule has 0 amide bonds. The number of hydrogen-bond donors (Lipinski definition) is 0. The lowest BCUT2D eigenvalue weighted by Gasteiger charge is -2.10. The summed E-state index contributed by atoms with van der Waals surface area (Å²) >= 11 is 1.88. The number of aliphatic imine (C=N–C) groups is 1. The second kappa shape index (κ2) is 10.5. The van der Waals surface area contributed by atoms with Gasteiger partial charge in [0.05, 0.1) is 32.5 Å². The van der Waals surface area contributed by atoms with E-state index in [1.54, 1.807) is 7.05 Å².